The SMILES string of the molecule is COc1ccc(Cl)c2c1[C@@H](N)CO2. The first-order valence-corrected chi connectivity index (χ1v) is 4.36. The predicted molar refractivity (Wildman–Crippen MR) is 50.4 cm³/mol. The second-order valence-electron chi connectivity index (χ2n) is 2.91. The molecule has 3 nitrogen and oxygen atoms in total. The van der Waals surface area contributed by atoms with E-state index in [0.29, 0.717) is 17.4 Å². The molecule has 0 amide bonds. The second kappa shape index (κ2) is 3.09. The number of hydrogen-bond acceptors (Lipinski definition) is 3. The summed E-state index contributed by atoms with van der Waals surface area (Å²) in [5, 5.41) is 0.587. The van der Waals surface area contributed by atoms with Crippen molar-refractivity contribution in [2.45, 2.75) is 6.04 Å². The van der Waals surface area contributed by atoms with Crippen LogP contribution in [0.2, 0.25) is 5.02 Å². The quantitative estimate of drug-likeness (QED) is 0.750. The molecular formula is C9H10ClNO2. The first kappa shape index (κ1) is 8.66. The number of rotatable bonds is 1. The maximum absolute atomic E-state index is 5.93. The third kappa shape index (κ3) is 1.24. The Morgan fingerprint density at radius 2 is 2.38 bits per heavy atom. The highest BCUT2D eigenvalue weighted by molar-refractivity contribution is 6.32. The molecule has 0 fully saturated rings. The zero-order valence-electron chi connectivity index (χ0n) is 7.21. The van der Waals surface area contributed by atoms with E-state index in [1.54, 1.807) is 19.2 Å². The Kier molecular flexibility index (Phi) is 2.06. The van der Waals surface area contributed by atoms with Gasteiger partial charge in [0.15, 0.2) is 0 Å². The number of benzene rings is 1. The van der Waals surface area contributed by atoms with Gasteiger partial charge in [0.05, 0.1) is 23.7 Å². The maximum atomic E-state index is 5.93. The summed E-state index contributed by atoms with van der Waals surface area (Å²) in [6, 6.07) is 3.41. The van der Waals surface area contributed by atoms with E-state index >= 15 is 0 Å². The molecule has 1 aromatic carbocycles. The van der Waals surface area contributed by atoms with Crippen LogP contribution in [-0.4, -0.2) is 13.7 Å². The zero-order chi connectivity index (χ0) is 9.42. The van der Waals surface area contributed by atoms with E-state index in [0.717, 1.165) is 11.3 Å². The van der Waals surface area contributed by atoms with Crippen LogP contribution in [0.1, 0.15) is 11.6 Å². The van der Waals surface area contributed by atoms with Crippen molar-refractivity contribution in [1.82, 2.24) is 0 Å². The molecular weight excluding hydrogens is 190 g/mol. The van der Waals surface area contributed by atoms with Crippen LogP contribution in [0.15, 0.2) is 12.1 Å². The number of fused-ring (bicyclic) bond motifs is 1. The van der Waals surface area contributed by atoms with Crippen LogP contribution in [0, 0.1) is 0 Å². The fraction of sp³-hybridized carbons (Fsp3) is 0.333. The van der Waals surface area contributed by atoms with Crippen molar-refractivity contribution in [2.75, 3.05) is 13.7 Å². The van der Waals surface area contributed by atoms with Gasteiger partial charge in [-0.3, -0.25) is 0 Å². The van der Waals surface area contributed by atoms with E-state index in [2.05, 4.69) is 0 Å². The van der Waals surface area contributed by atoms with Gasteiger partial charge < -0.3 is 15.2 Å². The van der Waals surface area contributed by atoms with E-state index in [-0.39, 0.29) is 6.04 Å². The summed E-state index contributed by atoms with van der Waals surface area (Å²) in [4.78, 5) is 0. The highest BCUT2D eigenvalue weighted by Crippen LogP contribution is 2.42. The van der Waals surface area contributed by atoms with Crippen LogP contribution in [-0.2, 0) is 0 Å². The van der Waals surface area contributed by atoms with E-state index in [1.165, 1.54) is 0 Å². The Bertz CT molecular complexity index is 341. The molecule has 0 saturated carbocycles. The van der Waals surface area contributed by atoms with Crippen LogP contribution in [0.3, 0.4) is 0 Å². The molecule has 0 saturated heterocycles. The molecule has 1 aromatic rings. The minimum absolute atomic E-state index is 0.136. The van der Waals surface area contributed by atoms with Crippen molar-refractivity contribution in [3.8, 4) is 11.5 Å². The van der Waals surface area contributed by atoms with E-state index in [4.69, 9.17) is 26.8 Å². The lowest BCUT2D eigenvalue weighted by atomic mass is 10.1. The number of ether oxygens (including phenoxy) is 2. The summed E-state index contributed by atoms with van der Waals surface area (Å²) in [6.07, 6.45) is 0. The largest absolute Gasteiger partial charge is 0.496 e. The van der Waals surface area contributed by atoms with Crippen LogP contribution in [0.5, 0.6) is 11.5 Å². The summed E-state index contributed by atoms with van der Waals surface area (Å²) in [5.41, 5.74) is 6.70. The molecule has 70 valence electrons. The molecule has 4 heteroatoms. The van der Waals surface area contributed by atoms with Crippen molar-refractivity contribution in [2.24, 2.45) is 5.73 Å². The number of hydrogen-bond donors (Lipinski definition) is 1. The topological polar surface area (TPSA) is 44.5 Å². The normalized spacial score (nSPS) is 19.5. The van der Waals surface area contributed by atoms with E-state index in [1.807, 2.05) is 0 Å². The van der Waals surface area contributed by atoms with Gasteiger partial charge in [0.2, 0.25) is 0 Å². The molecule has 13 heavy (non-hydrogen) atoms. The summed E-state index contributed by atoms with van der Waals surface area (Å²) < 4.78 is 10.5. The van der Waals surface area contributed by atoms with Crippen molar-refractivity contribution in [3.05, 3.63) is 22.7 Å². The molecule has 2 N–H and O–H groups in total. The van der Waals surface area contributed by atoms with Crippen molar-refractivity contribution in [3.63, 3.8) is 0 Å². The van der Waals surface area contributed by atoms with Crippen molar-refractivity contribution < 1.29 is 9.47 Å². The molecule has 1 aliphatic rings. The van der Waals surface area contributed by atoms with Gasteiger partial charge in [0.25, 0.3) is 0 Å². The van der Waals surface area contributed by atoms with Gasteiger partial charge in [-0.1, -0.05) is 11.6 Å². The number of halogens is 1. The van der Waals surface area contributed by atoms with Crippen LogP contribution in [0.4, 0.5) is 0 Å². The van der Waals surface area contributed by atoms with Gasteiger partial charge in [-0.2, -0.15) is 0 Å². The molecule has 1 heterocycles. The van der Waals surface area contributed by atoms with Gasteiger partial charge in [-0.25, -0.2) is 0 Å². The minimum atomic E-state index is -0.136. The van der Waals surface area contributed by atoms with Gasteiger partial charge in [-0.15, -0.1) is 0 Å². The Labute approximate surface area is 81.4 Å². The number of nitrogens with two attached hydrogens (primary N) is 1. The molecule has 0 unspecified atom stereocenters. The average molecular weight is 200 g/mol. The molecule has 0 spiro atoms. The fourth-order valence-corrected chi connectivity index (χ4v) is 1.71. The molecule has 1 aliphatic heterocycles. The maximum Gasteiger partial charge on any atom is 0.146 e. The molecule has 0 aromatic heterocycles. The Balaban J connectivity index is 2.60. The molecule has 2 rings (SSSR count). The fourth-order valence-electron chi connectivity index (χ4n) is 1.49. The van der Waals surface area contributed by atoms with Gasteiger partial charge in [0, 0.05) is 0 Å². The first-order chi connectivity index (χ1) is 6.24. The molecule has 0 aliphatic carbocycles. The Hall–Kier alpha value is -0.930. The van der Waals surface area contributed by atoms with Crippen LogP contribution >= 0.6 is 11.6 Å². The lowest BCUT2D eigenvalue weighted by Gasteiger charge is -2.08. The van der Waals surface area contributed by atoms with Gasteiger partial charge in [0.1, 0.15) is 18.1 Å². The summed E-state index contributed by atoms with van der Waals surface area (Å²) in [5.74, 6) is 1.40. The van der Waals surface area contributed by atoms with E-state index < -0.39 is 0 Å². The second-order valence-corrected chi connectivity index (χ2v) is 3.32. The predicted octanol–water partition coefficient (Wildman–Crippen LogP) is 1.74. The highest BCUT2D eigenvalue weighted by atomic mass is 35.5. The highest BCUT2D eigenvalue weighted by Gasteiger charge is 2.26. The monoisotopic (exact) mass is 199 g/mol. The third-order valence-electron chi connectivity index (χ3n) is 2.11. The van der Waals surface area contributed by atoms with Crippen molar-refractivity contribution in [1.29, 1.82) is 0 Å². The first-order valence-electron chi connectivity index (χ1n) is 3.99. The van der Waals surface area contributed by atoms with E-state index in [9.17, 15) is 0 Å². The standard InChI is InChI=1S/C9H10ClNO2/c1-12-7-3-2-5(10)9-8(7)6(11)4-13-9/h2-3,6H,4,11H2,1H3/t6-/m0/s1. The molecule has 0 bridgehead atoms. The summed E-state index contributed by atoms with van der Waals surface area (Å²) in [6.45, 7) is 0.468. The summed E-state index contributed by atoms with van der Waals surface area (Å²) in [7, 11) is 1.61. The van der Waals surface area contributed by atoms with Gasteiger partial charge >= 0.3 is 0 Å². The third-order valence-corrected chi connectivity index (χ3v) is 2.40. The van der Waals surface area contributed by atoms with Crippen LogP contribution in [0.25, 0.3) is 0 Å². The van der Waals surface area contributed by atoms with Gasteiger partial charge in [-0.05, 0) is 12.1 Å². The Morgan fingerprint density at radius 3 is 3.08 bits per heavy atom. The lowest BCUT2D eigenvalue weighted by molar-refractivity contribution is 0.333. The summed E-state index contributed by atoms with van der Waals surface area (Å²) >= 11 is 5.93. The zero-order valence-corrected chi connectivity index (χ0v) is 7.97. The Morgan fingerprint density at radius 1 is 1.62 bits per heavy atom. The van der Waals surface area contributed by atoms with Crippen LogP contribution < -0.4 is 15.2 Å². The average Bonchev–Trinajstić information content (AvgIpc) is 2.51. The minimum Gasteiger partial charge on any atom is -0.496 e. The smallest absolute Gasteiger partial charge is 0.146 e. The molecule has 0 radical (unpaired) electrons. The lowest BCUT2D eigenvalue weighted by Crippen LogP contribution is -2.11. The number of methoxy groups -OCH3 is 1. The van der Waals surface area contributed by atoms with Crippen molar-refractivity contribution >= 4 is 11.6 Å². The molecule has 1 atom stereocenters.